The lowest BCUT2D eigenvalue weighted by atomic mass is 10.1. The van der Waals surface area contributed by atoms with E-state index < -0.39 is 0 Å². The number of methoxy groups -OCH3 is 1. The summed E-state index contributed by atoms with van der Waals surface area (Å²) in [5, 5.41) is 3.02. The largest absolute Gasteiger partial charge is 0.497 e. The summed E-state index contributed by atoms with van der Waals surface area (Å²) in [7, 11) is 1.64. The summed E-state index contributed by atoms with van der Waals surface area (Å²) in [6.45, 7) is 5.64. The van der Waals surface area contributed by atoms with Gasteiger partial charge in [0.05, 0.1) is 13.2 Å². The summed E-state index contributed by atoms with van der Waals surface area (Å²) in [6, 6.07) is 9.53. The van der Waals surface area contributed by atoms with Crippen LogP contribution in [0.2, 0.25) is 0 Å². The Bertz CT molecular complexity index is 1150. The number of aromatic nitrogens is 4. The number of hydrogen-bond acceptors (Lipinski definition) is 7. The smallest absolute Gasteiger partial charge is 0.237 e. The van der Waals surface area contributed by atoms with Crippen LogP contribution < -0.4 is 15.0 Å². The van der Waals surface area contributed by atoms with Gasteiger partial charge in [0.25, 0.3) is 0 Å². The molecule has 3 heterocycles. The molecule has 2 amide bonds. The Kier molecular flexibility index (Phi) is 7.59. The van der Waals surface area contributed by atoms with Gasteiger partial charge in [-0.2, -0.15) is 4.98 Å². The van der Waals surface area contributed by atoms with E-state index in [0.717, 1.165) is 29.2 Å². The fraction of sp³-hybridized carbons (Fsp3) is 0.400. The number of benzene rings is 1. The highest BCUT2D eigenvalue weighted by molar-refractivity contribution is 5.78. The zero-order valence-corrected chi connectivity index (χ0v) is 20.3. The maximum Gasteiger partial charge on any atom is 0.237 e. The van der Waals surface area contributed by atoms with E-state index in [0.29, 0.717) is 32.1 Å². The van der Waals surface area contributed by atoms with Gasteiger partial charge in [-0.3, -0.25) is 14.2 Å². The van der Waals surface area contributed by atoms with Crippen molar-refractivity contribution < 1.29 is 14.3 Å². The highest BCUT2D eigenvalue weighted by Crippen LogP contribution is 2.22. The lowest BCUT2D eigenvalue weighted by Crippen LogP contribution is -2.56. The van der Waals surface area contributed by atoms with E-state index in [1.54, 1.807) is 42.2 Å². The summed E-state index contributed by atoms with van der Waals surface area (Å²) >= 11 is 0. The zero-order chi connectivity index (χ0) is 24.8. The number of hydrogen-bond donors (Lipinski definition) is 1. The van der Waals surface area contributed by atoms with E-state index >= 15 is 0 Å². The third-order valence-corrected chi connectivity index (χ3v) is 6.10. The molecule has 1 N–H and O–H groups in total. The summed E-state index contributed by atoms with van der Waals surface area (Å²) < 4.78 is 6.94. The van der Waals surface area contributed by atoms with Crippen molar-refractivity contribution >= 4 is 17.6 Å². The van der Waals surface area contributed by atoms with Crippen LogP contribution in [0.3, 0.4) is 0 Å². The lowest BCUT2D eigenvalue weighted by Gasteiger charge is -2.41. The minimum atomic E-state index is -0.196. The highest BCUT2D eigenvalue weighted by atomic mass is 16.5. The molecule has 2 aromatic heterocycles. The Morgan fingerprint density at radius 1 is 1.17 bits per heavy atom. The predicted octanol–water partition coefficient (Wildman–Crippen LogP) is 1.77. The van der Waals surface area contributed by atoms with E-state index in [-0.39, 0.29) is 24.3 Å². The molecule has 10 heteroatoms. The second kappa shape index (κ2) is 11.0. The Morgan fingerprint density at radius 2 is 1.97 bits per heavy atom. The van der Waals surface area contributed by atoms with E-state index in [1.165, 1.54) is 0 Å². The topological polar surface area (TPSA) is 105 Å². The molecular weight excluding hydrogens is 446 g/mol. The molecule has 10 nitrogen and oxygen atoms in total. The Labute approximate surface area is 205 Å². The van der Waals surface area contributed by atoms with Crippen molar-refractivity contribution in [2.75, 3.05) is 38.2 Å². The number of nitrogens with one attached hydrogen (secondary N) is 1. The molecule has 1 aliphatic rings. The van der Waals surface area contributed by atoms with Gasteiger partial charge < -0.3 is 19.9 Å². The number of carbonyl (C=O) groups excluding carboxylic acids is 2. The molecule has 4 rings (SSSR count). The zero-order valence-electron chi connectivity index (χ0n) is 20.3. The first kappa shape index (κ1) is 24.2. The minimum Gasteiger partial charge on any atom is -0.497 e. The van der Waals surface area contributed by atoms with Crippen molar-refractivity contribution in [1.82, 2.24) is 29.7 Å². The van der Waals surface area contributed by atoms with Gasteiger partial charge in [-0.1, -0.05) is 12.1 Å². The predicted molar refractivity (Wildman–Crippen MR) is 132 cm³/mol. The Hall–Kier alpha value is -3.95. The van der Waals surface area contributed by atoms with Gasteiger partial charge in [-0.15, -0.1) is 0 Å². The third kappa shape index (κ3) is 6.14. The number of piperazine rings is 1. The molecule has 35 heavy (non-hydrogen) atoms. The van der Waals surface area contributed by atoms with Gasteiger partial charge in [0.15, 0.2) is 0 Å². The van der Waals surface area contributed by atoms with Crippen molar-refractivity contribution in [2.45, 2.75) is 32.7 Å². The second-order valence-corrected chi connectivity index (χ2v) is 8.60. The molecule has 0 bridgehead atoms. The van der Waals surface area contributed by atoms with Gasteiger partial charge in [0, 0.05) is 63.7 Å². The summed E-state index contributed by atoms with van der Waals surface area (Å²) in [4.78, 5) is 42.2. The minimum absolute atomic E-state index is 0.00698. The van der Waals surface area contributed by atoms with Crippen molar-refractivity contribution in [3.8, 4) is 11.7 Å². The standard InChI is InChI=1S/C25H31N7O3/c1-18-14-23(29-25(28-18)31-11-10-26-17-31)32-13-12-30(19(2)33)16-21(32)15-24(34)27-9-8-20-4-6-22(35-3)7-5-20/h4-7,10-11,14,17,21H,8-9,12-13,15-16H2,1-3H3,(H,27,34). The van der Waals surface area contributed by atoms with Crippen molar-refractivity contribution in [3.05, 3.63) is 60.3 Å². The monoisotopic (exact) mass is 477 g/mol. The molecule has 184 valence electrons. The van der Waals surface area contributed by atoms with Gasteiger partial charge in [0.1, 0.15) is 17.9 Å². The summed E-state index contributed by atoms with van der Waals surface area (Å²) in [5.41, 5.74) is 1.94. The average Bonchev–Trinajstić information content (AvgIpc) is 3.39. The van der Waals surface area contributed by atoms with Crippen LogP contribution in [0.4, 0.5) is 5.82 Å². The first-order valence-electron chi connectivity index (χ1n) is 11.7. The van der Waals surface area contributed by atoms with E-state index in [1.807, 2.05) is 37.3 Å². The Balaban J connectivity index is 1.44. The number of ether oxygens (including phenoxy) is 1. The summed E-state index contributed by atoms with van der Waals surface area (Å²) in [6.07, 6.45) is 6.11. The molecule has 0 spiro atoms. The van der Waals surface area contributed by atoms with Crippen molar-refractivity contribution in [1.29, 1.82) is 0 Å². The summed E-state index contributed by atoms with van der Waals surface area (Å²) in [5.74, 6) is 2.02. The van der Waals surface area contributed by atoms with Crippen LogP contribution in [0.5, 0.6) is 5.75 Å². The van der Waals surface area contributed by atoms with E-state index in [4.69, 9.17) is 9.72 Å². The van der Waals surface area contributed by atoms with Crippen LogP contribution in [-0.2, 0) is 16.0 Å². The van der Waals surface area contributed by atoms with Crippen LogP contribution in [0.25, 0.3) is 5.95 Å². The SMILES string of the molecule is COc1ccc(CCNC(=O)CC2CN(C(C)=O)CCN2c2cc(C)nc(-n3ccnc3)n2)cc1. The van der Waals surface area contributed by atoms with E-state index in [2.05, 4.69) is 20.2 Å². The average molecular weight is 478 g/mol. The van der Waals surface area contributed by atoms with Crippen LogP contribution >= 0.6 is 0 Å². The number of aryl methyl sites for hydroxylation is 1. The molecule has 0 saturated carbocycles. The quantitative estimate of drug-likeness (QED) is 0.527. The number of anilines is 1. The molecule has 0 radical (unpaired) electrons. The van der Waals surface area contributed by atoms with Crippen molar-refractivity contribution in [3.63, 3.8) is 0 Å². The van der Waals surface area contributed by atoms with Crippen LogP contribution in [0.15, 0.2) is 49.1 Å². The number of carbonyl (C=O) groups is 2. The van der Waals surface area contributed by atoms with Gasteiger partial charge in [0.2, 0.25) is 17.8 Å². The first-order valence-corrected chi connectivity index (χ1v) is 11.7. The molecule has 1 aliphatic heterocycles. The third-order valence-electron chi connectivity index (χ3n) is 6.10. The van der Waals surface area contributed by atoms with Crippen LogP contribution in [0, 0.1) is 6.92 Å². The number of rotatable bonds is 8. The van der Waals surface area contributed by atoms with Crippen molar-refractivity contribution in [2.24, 2.45) is 0 Å². The van der Waals surface area contributed by atoms with E-state index in [9.17, 15) is 9.59 Å². The number of nitrogens with zero attached hydrogens (tertiary/aromatic N) is 6. The number of imidazole rings is 1. The molecule has 0 aliphatic carbocycles. The molecular formula is C25H31N7O3. The fourth-order valence-electron chi connectivity index (χ4n) is 4.22. The fourth-order valence-corrected chi connectivity index (χ4v) is 4.22. The maximum absolute atomic E-state index is 12.9. The van der Waals surface area contributed by atoms with Gasteiger partial charge in [-0.05, 0) is 31.0 Å². The normalized spacial score (nSPS) is 15.7. The lowest BCUT2D eigenvalue weighted by molar-refractivity contribution is -0.130. The molecule has 1 fully saturated rings. The molecule has 1 atom stereocenters. The number of amides is 2. The first-order chi connectivity index (χ1) is 16.9. The molecule has 3 aromatic rings. The second-order valence-electron chi connectivity index (χ2n) is 8.60. The maximum atomic E-state index is 12.9. The van der Waals surface area contributed by atoms with Gasteiger partial charge in [-0.25, -0.2) is 9.97 Å². The Morgan fingerprint density at radius 3 is 2.66 bits per heavy atom. The van der Waals surface area contributed by atoms with Gasteiger partial charge >= 0.3 is 0 Å². The molecule has 1 saturated heterocycles. The highest BCUT2D eigenvalue weighted by Gasteiger charge is 2.31. The molecule has 1 aromatic carbocycles. The van der Waals surface area contributed by atoms with Crippen LogP contribution in [0.1, 0.15) is 24.6 Å². The van der Waals surface area contributed by atoms with Crippen LogP contribution in [-0.4, -0.2) is 75.6 Å². The molecule has 1 unspecified atom stereocenters.